The van der Waals surface area contributed by atoms with E-state index in [2.05, 4.69) is 266 Å². The smallest absolute Gasteiger partial charge is 0.0547 e. The van der Waals surface area contributed by atoms with Crippen LogP contribution in [0.2, 0.25) is 0 Å². The molecule has 0 aliphatic heterocycles. The SMILES string of the molecule is CC1(C)c2ccccc2-c2ccc(N(c3ccc(-c4ccccc4)cc3)c3ccc(-c4cc(-c5ccccc5)cc(-c5cccc6c5c5ccccc5n6-c5ccccc5)c4)cc3)cc21. The Kier molecular flexibility index (Phi) is 9.21. The summed E-state index contributed by atoms with van der Waals surface area (Å²) in [5.74, 6) is 0. The normalized spacial score (nSPS) is 12.6. The molecule has 0 saturated carbocycles. The molecule has 0 radical (unpaired) electrons. The number of anilines is 3. The second-order valence-corrected chi connectivity index (χ2v) is 17.7. The third-order valence-corrected chi connectivity index (χ3v) is 13.6. The van der Waals surface area contributed by atoms with Crippen LogP contribution in [-0.4, -0.2) is 4.57 Å². The summed E-state index contributed by atoms with van der Waals surface area (Å²) in [7, 11) is 0. The lowest BCUT2D eigenvalue weighted by molar-refractivity contribution is 0.660. The van der Waals surface area contributed by atoms with E-state index in [0.717, 1.165) is 28.3 Å². The van der Waals surface area contributed by atoms with Gasteiger partial charge >= 0.3 is 0 Å². The first-order chi connectivity index (χ1) is 32.0. The van der Waals surface area contributed by atoms with Gasteiger partial charge in [-0.2, -0.15) is 0 Å². The van der Waals surface area contributed by atoms with Crippen LogP contribution in [0.3, 0.4) is 0 Å². The number of aromatic nitrogens is 1. The highest BCUT2D eigenvalue weighted by molar-refractivity contribution is 6.16. The summed E-state index contributed by atoms with van der Waals surface area (Å²) in [5, 5.41) is 2.50. The summed E-state index contributed by atoms with van der Waals surface area (Å²) in [6.07, 6.45) is 0. The number of benzene rings is 10. The number of para-hydroxylation sites is 2. The summed E-state index contributed by atoms with van der Waals surface area (Å²) >= 11 is 0. The van der Waals surface area contributed by atoms with Crippen molar-refractivity contribution in [1.82, 2.24) is 4.57 Å². The Labute approximate surface area is 381 Å². The Bertz CT molecular complexity index is 3530. The van der Waals surface area contributed by atoms with Crippen LogP contribution in [0, 0.1) is 0 Å². The second-order valence-electron chi connectivity index (χ2n) is 17.7. The van der Waals surface area contributed by atoms with E-state index in [1.165, 1.54) is 83.0 Å². The molecule has 1 aliphatic rings. The molecule has 1 heterocycles. The molecule has 0 fully saturated rings. The minimum absolute atomic E-state index is 0.114. The van der Waals surface area contributed by atoms with E-state index >= 15 is 0 Å². The molecule has 0 saturated heterocycles. The zero-order chi connectivity index (χ0) is 43.5. The van der Waals surface area contributed by atoms with Crippen LogP contribution in [0.5, 0.6) is 0 Å². The van der Waals surface area contributed by atoms with Gasteiger partial charge < -0.3 is 9.47 Å². The first kappa shape index (κ1) is 38.5. The van der Waals surface area contributed by atoms with E-state index in [0.29, 0.717) is 0 Å². The van der Waals surface area contributed by atoms with Crippen molar-refractivity contribution >= 4 is 38.9 Å². The minimum Gasteiger partial charge on any atom is -0.310 e. The molecule has 0 atom stereocenters. The molecule has 0 bridgehead atoms. The van der Waals surface area contributed by atoms with Crippen molar-refractivity contribution in [3.05, 3.63) is 254 Å². The molecule has 0 N–H and O–H groups in total. The molecule has 2 nitrogen and oxygen atoms in total. The van der Waals surface area contributed by atoms with Gasteiger partial charge in [0, 0.05) is 38.9 Å². The Morgan fingerprint density at radius 3 is 1.48 bits per heavy atom. The molecule has 0 spiro atoms. The summed E-state index contributed by atoms with van der Waals surface area (Å²) in [6, 6.07) is 88.8. The van der Waals surface area contributed by atoms with Crippen molar-refractivity contribution < 1.29 is 0 Å². The fourth-order valence-electron chi connectivity index (χ4n) is 10.4. The number of fused-ring (bicyclic) bond motifs is 6. The topological polar surface area (TPSA) is 8.17 Å². The number of hydrogen-bond donors (Lipinski definition) is 0. The van der Waals surface area contributed by atoms with Gasteiger partial charge in [-0.25, -0.2) is 0 Å². The van der Waals surface area contributed by atoms with Gasteiger partial charge in [0.2, 0.25) is 0 Å². The lowest BCUT2D eigenvalue weighted by Crippen LogP contribution is -2.16. The summed E-state index contributed by atoms with van der Waals surface area (Å²) in [4.78, 5) is 2.41. The molecule has 65 heavy (non-hydrogen) atoms. The first-order valence-corrected chi connectivity index (χ1v) is 22.6. The van der Waals surface area contributed by atoms with E-state index in [-0.39, 0.29) is 5.41 Å². The molecule has 1 aromatic heterocycles. The van der Waals surface area contributed by atoms with Crippen LogP contribution < -0.4 is 4.90 Å². The van der Waals surface area contributed by atoms with E-state index in [1.54, 1.807) is 0 Å². The van der Waals surface area contributed by atoms with Crippen molar-refractivity contribution in [3.63, 3.8) is 0 Å². The monoisotopic (exact) mass is 830 g/mol. The maximum absolute atomic E-state index is 2.42. The molecular formula is C63H46N2. The fourth-order valence-corrected chi connectivity index (χ4v) is 10.4. The first-order valence-electron chi connectivity index (χ1n) is 22.6. The van der Waals surface area contributed by atoms with Crippen LogP contribution in [0.4, 0.5) is 17.1 Å². The lowest BCUT2D eigenvalue weighted by Gasteiger charge is -2.28. The van der Waals surface area contributed by atoms with E-state index < -0.39 is 0 Å². The predicted octanol–water partition coefficient (Wildman–Crippen LogP) is 17.2. The molecule has 2 heteroatoms. The number of hydrogen-bond acceptors (Lipinski definition) is 1. The molecule has 1 aliphatic carbocycles. The van der Waals surface area contributed by atoms with Crippen LogP contribution >= 0.6 is 0 Å². The maximum atomic E-state index is 2.42. The van der Waals surface area contributed by atoms with E-state index in [4.69, 9.17) is 0 Å². The molecule has 308 valence electrons. The van der Waals surface area contributed by atoms with Gasteiger partial charge in [-0.3, -0.25) is 0 Å². The van der Waals surface area contributed by atoms with Crippen LogP contribution in [0.15, 0.2) is 243 Å². The third-order valence-electron chi connectivity index (χ3n) is 13.6. The van der Waals surface area contributed by atoms with Gasteiger partial charge in [0.1, 0.15) is 0 Å². The predicted molar refractivity (Wildman–Crippen MR) is 275 cm³/mol. The summed E-state index contributed by atoms with van der Waals surface area (Å²) < 4.78 is 2.40. The van der Waals surface area contributed by atoms with Crippen molar-refractivity contribution in [1.29, 1.82) is 0 Å². The molecule has 10 aromatic carbocycles. The Hall–Kier alpha value is -8.20. The van der Waals surface area contributed by atoms with Crippen molar-refractivity contribution in [2.45, 2.75) is 19.3 Å². The fraction of sp³-hybridized carbons (Fsp3) is 0.0476. The molecule has 12 rings (SSSR count). The van der Waals surface area contributed by atoms with Crippen molar-refractivity contribution in [3.8, 4) is 61.3 Å². The molecule has 0 unspecified atom stereocenters. The Balaban J connectivity index is 0.994. The van der Waals surface area contributed by atoms with Crippen LogP contribution in [0.25, 0.3) is 83.1 Å². The molecule has 0 amide bonds. The van der Waals surface area contributed by atoms with E-state index in [1.807, 2.05) is 0 Å². The number of rotatable bonds is 8. The van der Waals surface area contributed by atoms with Crippen molar-refractivity contribution in [2.24, 2.45) is 0 Å². The van der Waals surface area contributed by atoms with Gasteiger partial charge in [-0.1, -0.05) is 178 Å². The van der Waals surface area contributed by atoms with Crippen LogP contribution in [-0.2, 0) is 5.41 Å². The molecule has 11 aromatic rings. The maximum Gasteiger partial charge on any atom is 0.0547 e. The van der Waals surface area contributed by atoms with Gasteiger partial charge in [0.15, 0.2) is 0 Å². The minimum atomic E-state index is -0.114. The van der Waals surface area contributed by atoms with Gasteiger partial charge in [0.25, 0.3) is 0 Å². The Morgan fingerprint density at radius 1 is 0.323 bits per heavy atom. The van der Waals surface area contributed by atoms with Gasteiger partial charge in [0.05, 0.1) is 11.0 Å². The van der Waals surface area contributed by atoms with Crippen LogP contribution in [0.1, 0.15) is 25.0 Å². The van der Waals surface area contributed by atoms with E-state index in [9.17, 15) is 0 Å². The highest BCUT2D eigenvalue weighted by Gasteiger charge is 2.35. The third kappa shape index (κ3) is 6.57. The summed E-state index contributed by atoms with van der Waals surface area (Å²) in [6.45, 7) is 4.71. The zero-order valence-electron chi connectivity index (χ0n) is 36.5. The standard InChI is InChI=1S/C63H46N2/c1-63(2)58-26-14-12-23-55(58)56-38-37-53(42-59(56)63)64(51-33-29-45(30-34-51)43-17-6-3-7-18-43)52-35-31-46(32-36-52)48-39-47(44-19-8-4-9-20-44)40-49(41-48)54-25-16-28-61-62(54)57-24-13-15-27-60(57)65(61)50-21-10-5-11-22-50/h3-42H,1-2H3. The average molecular weight is 831 g/mol. The quantitative estimate of drug-likeness (QED) is 0.148. The largest absolute Gasteiger partial charge is 0.310 e. The zero-order valence-corrected chi connectivity index (χ0v) is 36.5. The highest BCUT2D eigenvalue weighted by Crippen LogP contribution is 2.51. The highest BCUT2D eigenvalue weighted by atomic mass is 15.1. The van der Waals surface area contributed by atoms with Gasteiger partial charge in [-0.05, 0) is 146 Å². The summed E-state index contributed by atoms with van der Waals surface area (Å²) in [5.41, 5.74) is 21.7. The van der Waals surface area contributed by atoms with Gasteiger partial charge in [-0.15, -0.1) is 0 Å². The molecular weight excluding hydrogens is 785 g/mol. The average Bonchev–Trinajstić information content (AvgIpc) is 3.83. The second kappa shape index (κ2) is 15.6. The lowest BCUT2D eigenvalue weighted by atomic mass is 9.82. The Morgan fingerprint density at radius 2 is 0.800 bits per heavy atom. The number of nitrogens with zero attached hydrogens (tertiary/aromatic N) is 2. The van der Waals surface area contributed by atoms with Crippen molar-refractivity contribution in [2.75, 3.05) is 4.90 Å².